The summed E-state index contributed by atoms with van der Waals surface area (Å²) in [6, 6.07) is 2.10. The molecular formula is C13H17ClN4OS. The molecule has 1 N–H and O–H groups in total. The van der Waals surface area contributed by atoms with Crippen molar-refractivity contribution in [2.45, 2.75) is 6.92 Å². The Hall–Kier alpha value is -0.950. The maximum Gasteiger partial charge on any atom is 0.225 e. The number of fused-ring (bicyclic) bond motifs is 1. The van der Waals surface area contributed by atoms with Gasteiger partial charge in [-0.3, -0.25) is 4.90 Å². The van der Waals surface area contributed by atoms with E-state index in [4.69, 9.17) is 16.3 Å². The molecule has 0 atom stereocenters. The number of nitrogens with zero attached hydrogens (tertiary/aromatic N) is 3. The monoisotopic (exact) mass is 312 g/mol. The number of aryl methyl sites for hydroxylation is 1. The van der Waals surface area contributed by atoms with Crippen LogP contribution in [0, 0.1) is 6.92 Å². The van der Waals surface area contributed by atoms with Gasteiger partial charge in [0.1, 0.15) is 10.6 Å². The van der Waals surface area contributed by atoms with Gasteiger partial charge in [-0.2, -0.15) is 0 Å². The third-order valence-electron chi connectivity index (χ3n) is 3.31. The standard InChI is InChI=1S/C13H17ClN4OS/c1-9-8-10-11(16-13(14)17-12(10)20-9)15-2-3-18-4-6-19-7-5-18/h8H,2-7H2,1H3,(H,15,16,17). The normalized spacial score (nSPS) is 16.7. The molecule has 1 aliphatic rings. The maximum atomic E-state index is 5.98. The van der Waals surface area contributed by atoms with Gasteiger partial charge in [0.2, 0.25) is 5.28 Å². The molecule has 0 amide bonds. The van der Waals surface area contributed by atoms with E-state index in [0.29, 0.717) is 5.28 Å². The second-order valence-electron chi connectivity index (χ2n) is 4.80. The second kappa shape index (κ2) is 6.22. The van der Waals surface area contributed by atoms with Crippen molar-refractivity contribution in [1.82, 2.24) is 14.9 Å². The predicted octanol–water partition coefficient (Wildman–Crippen LogP) is 2.40. The average Bonchev–Trinajstić information content (AvgIpc) is 2.80. The van der Waals surface area contributed by atoms with Gasteiger partial charge in [0.25, 0.3) is 0 Å². The van der Waals surface area contributed by atoms with Gasteiger partial charge in [0, 0.05) is 31.1 Å². The zero-order valence-electron chi connectivity index (χ0n) is 11.4. The quantitative estimate of drug-likeness (QED) is 0.879. The lowest BCUT2D eigenvalue weighted by atomic mass is 10.3. The Kier molecular flexibility index (Phi) is 4.35. The molecule has 3 heterocycles. The highest BCUT2D eigenvalue weighted by atomic mass is 35.5. The molecule has 2 aromatic heterocycles. The first kappa shape index (κ1) is 14.0. The molecule has 0 radical (unpaired) electrons. The zero-order chi connectivity index (χ0) is 13.9. The summed E-state index contributed by atoms with van der Waals surface area (Å²) in [4.78, 5) is 13.1. The summed E-state index contributed by atoms with van der Waals surface area (Å²) in [5, 5.41) is 4.73. The minimum absolute atomic E-state index is 0.299. The van der Waals surface area contributed by atoms with E-state index in [0.717, 1.165) is 55.4 Å². The van der Waals surface area contributed by atoms with Gasteiger partial charge >= 0.3 is 0 Å². The van der Waals surface area contributed by atoms with Gasteiger partial charge in [0.05, 0.1) is 18.6 Å². The molecule has 0 saturated carbocycles. The summed E-state index contributed by atoms with van der Waals surface area (Å²) in [6.07, 6.45) is 0. The van der Waals surface area contributed by atoms with Gasteiger partial charge in [-0.1, -0.05) is 0 Å². The summed E-state index contributed by atoms with van der Waals surface area (Å²) < 4.78 is 5.34. The fraction of sp³-hybridized carbons (Fsp3) is 0.538. The van der Waals surface area contributed by atoms with Gasteiger partial charge in [0.15, 0.2) is 0 Å². The first-order valence-corrected chi connectivity index (χ1v) is 7.89. The summed E-state index contributed by atoms with van der Waals surface area (Å²) in [5.41, 5.74) is 0. The lowest BCUT2D eigenvalue weighted by molar-refractivity contribution is 0.0398. The number of rotatable bonds is 4. The number of halogens is 1. The number of ether oxygens (including phenoxy) is 1. The first-order chi connectivity index (χ1) is 9.72. The molecule has 5 nitrogen and oxygen atoms in total. The van der Waals surface area contributed by atoms with Gasteiger partial charge in [-0.25, -0.2) is 9.97 Å². The van der Waals surface area contributed by atoms with Crippen LogP contribution in [0.5, 0.6) is 0 Å². The van der Waals surface area contributed by atoms with Crippen molar-refractivity contribution in [3.8, 4) is 0 Å². The molecule has 0 aromatic carbocycles. The Labute approximate surface area is 126 Å². The smallest absolute Gasteiger partial charge is 0.225 e. The Morgan fingerprint density at radius 1 is 1.40 bits per heavy atom. The molecule has 7 heteroatoms. The summed E-state index contributed by atoms with van der Waals surface area (Å²) in [5.74, 6) is 0.831. The fourth-order valence-corrected chi connectivity index (χ4v) is 3.41. The van der Waals surface area contributed by atoms with Crippen LogP contribution in [-0.2, 0) is 4.74 Å². The summed E-state index contributed by atoms with van der Waals surface area (Å²) in [7, 11) is 0. The van der Waals surface area contributed by atoms with Crippen LogP contribution in [0.3, 0.4) is 0 Å². The van der Waals surface area contributed by atoms with E-state index in [9.17, 15) is 0 Å². The van der Waals surface area contributed by atoms with Crippen LogP contribution in [0.1, 0.15) is 4.88 Å². The predicted molar refractivity (Wildman–Crippen MR) is 82.9 cm³/mol. The maximum absolute atomic E-state index is 5.98. The topological polar surface area (TPSA) is 50.3 Å². The third kappa shape index (κ3) is 3.20. The lowest BCUT2D eigenvalue weighted by Gasteiger charge is -2.26. The van der Waals surface area contributed by atoms with Crippen LogP contribution < -0.4 is 5.32 Å². The van der Waals surface area contributed by atoms with Crippen molar-refractivity contribution in [2.24, 2.45) is 0 Å². The number of nitrogens with one attached hydrogen (secondary N) is 1. The molecule has 1 fully saturated rings. The molecule has 1 saturated heterocycles. The highest BCUT2D eigenvalue weighted by Crippen LogP contribution is 2.29. The highest BCUT2D eigenvalue weighted by molar-refractivity contribution is 7.18. The zero-order valence-corrected chi connectivity index (χ0v) is 12.9. The van der Waals surface area contributed by atoms with Crippen molar-refractivity contribution in [3.05, 3.63) is 16.2 Å². The fourth-order valence-electron chi connectivity index (χ4n) is 2.31. The van der Waals surface area contributed by atoms with Crippen LogP contribution >= 0.6 is 22.9 Å². The largest absolute Gasteiger partial charge is 0.379 e. The molecule has 20 heavy (non-hydrogen) atoms. The lowest BCUT2D eigenvalue weighted by Crippen LogP contribution is -2.39. The molecule has 0 spiro atoms. The van der Waals surface area contributed by atoms with E-state index in [2.05, 4.69) is 33.2 Å². The average molecular weight is 313 g/mol. The molecule has 108 valence electrons. The van der Waals surface area contributed by atoms with E-state index in [1.165, 1.54) is 4.88 Å². The van der Waals surface area contributed by atoms with E-state index >= 15 is 0 Å². The van der Waals surface area contributed by atoms with Crippen molar-refractivity contribution in [1.29, 1.82) is 0 Å². The van der Waals surface area contributed by atoms with Crippen LogP contribution in [-0.4, -0.2) is 54.3 Å². The summed E-state index contributed by atoms with van der Waals surface area (Å²) >= 11 is 7.62. The van der Waals surface area contributed by atoms with E-state index in [1.54, 1.807) is 11.3 Å². The van der Waals surface area contributed by atoms with Gasteiger partial charge < -0.3 is 10.1 Å². The van der Waals surface area contributed by atoms with E-state index in [-0.39, 0.29) is 0 Å². The minimum atomic E-state index is 0.299. The van der Waals surface area contributed by atoms with Gasteiger partial charge in [-0.05, 0) is 24.6 Å². The van der Waals surface area contributed by atoms with Crippen molar-refractivity contribution in [3.63, 3.8) is 0 Å². The van der Waals surface area contributed by atoms with Crippen LogP contribution in [0.25, 0.3) is 10.2 Å². The SMILES string of the molecule is Cc1cc2c(NCCN3CCOCC3)nc(Cl)nc2s1. The second-order valence-corrected chi connectivity index (χ2v) is 6.37. The van der Waals surface area contributed by atoms with Crippen molar-refractivity contribution < 1.29 is 4.74 Å². The molecular weight excluding hydrogens is 296 g/mol. The van der Waals surface area contributed by atoms with Crippen molar-refractivity contribution >= 4 is 39.0 Å². The van der Waals surface area contributed by atoms with E-state index in [1.807, 2.05) is 0 Å². The van der Waals surface area contributed by atoms with Gasteiger partial charge in [-0.15, -0.1) is 11.3 Å². The number of thiophene rings is 1. The molecule has 2 aromatic rings. The Bertz CT molecular complexity index is 597. The molecule has 0 aliphatic carbocycles. The number of hydrogen-bond acceptors (Lipinski definition) is 6. The Morgan fingerprint density at radius 2 is 2.20 bits per heavy atom. The molecule has 3 rings (SSSR count). The molecule has 1 aliphatic heterocycles. The van der Waals surface area contributed by atoms with E-state index < -0.39 is 0 Å². The van der Waals surface area contributed by atoms with Crippen LogP contribution in [0.4, 0.5) is 5.82 Å². The number of anilines is 1. The molecule has 0 bridgehead atoms. The number of aromatic nitrogens is 2. The Balaban J connectivity index is 1.67. The molecule has 0 unspecified atom stereocenters. The van der Waals surface area contributed by atoms with Crippen LogP contribution in [0.2, 0.25) is 5.28 Å². The van der Waals surface area contributed by atoms with Crippen molar-refractivity contribution in [2.75, 3.05) is 44.7 Å². The summed E-state index contributed by atoms with van der Waals surface area (Å²) in [6.45, 7) is 7.55. The first-order valence-electron chi connectivity index (χ1n) is 6.70. The number of morpholine rings is 1. The minimum Gasteiger partial charge on any atom is -0.379 e. The Morgan fingerprint density at radius 3 is 3.00 bits per heavy atom. The third-order valence-corrected chi connectivity index (χ3v) is 4.43. The van der Waals surface area contributed by atoms with Crippen LogP contribution in [0.15, 0.2) is 6.07 Å². The highest BCUT2D eigenvalue weighted by Gasteiger charge is 2.12. The number of hydrogen-bond donors (Lipinski definition) is 1.